The maximum absolute atomic E-state index is 10.9. The molecule has 1 aliphatic heterocycles. The van der Waals surface area contributed by atoms with Crippen LogP contribution in [0.5, 0.6) is 0 Å². The van der Waals surface area contributed by atoms with E-state index in [1.807, 2.05) is 0 Å². The minimum absolute atomic E-state index is 0.323. The van der Waals surface area contributed by atoms with Crippen molar-refractivity contribution in [3.8, 4) is 0 Å². The van der Waals surface area contributed by atoms with Gasteiger partial charge >= 0.3 is 6.09 Å². The molecule has 0 aromatic carbocycles. The maximum atomic E-state index is 10.9. The van der Waals surface area contributed by atoms with Crippen molar-refractivity contribution < 1.29 is 14.4 Å². The summed E-state index contributed by atoms with van der Waals surface area (Å²) in [4.78, 5) is 12.2. The van der Waals surface area contributed by atoms with E-state index < -0.39 is 6.09 Å². The highest BCUT2D eigenvalue weighted by Gasteiger charge is 2.30. The number of piperazine rings is 1. The van der Waals surface area contributed by atoms with Crippen LogP contribution in [0, 0.1) is 0 Å². The second-order valence-corrected chi connectivity index (χ2v) is 3.02. The van der Waals surface area contributed by atoms with Crippen LogP contribution in [-0.4, -0.2) is 46.1 Å². The Morgan fingerprint density at radius 3 is 3.29 bits per heavy atom. The highest BCUT2D eigenvalue weighted by molar-refractivity contribution is 5.65. The number of rotatable bonds is 1. The molecule has 2 heterocycles. The lowest BCUT2D eigenvalue weighted by Gasteiger charge is -2.31. The van der Waals surface area contributed by atoms with Gasteiger partial charge in [-0.1, -0.05) is 0 Å². The minimum atomic E-state index is -0.951. The standard InChI is InChI=1S/C7H10N4O3/c12-7(13)11-2-1-8-3-5(11)6-4-9-10-14-6/h4-5,8H,1-3H2,(H,12,13). The van der Waals surface area contributed by atoms with Crippen molar-refractivity contribution in [2.24, 2.45) is 0 Å². The molecule has 1 saturated heterocycles. The molecule has 1 amide bonds. The van der Waals surface area contributed by atoms with Gasteiger partial charge in [-0.05, 0) is 0 Å². The van der Waals surface area contributed by atoms with Crippen LogP contribution in [0.25, 0.3) is 0 Å². The Morgan fingerprint density at radius 1 is 1.79 bits per heavy atom. The predicted molar refractivity (Wildman–Crippen MR) is 44.6 cm³/mol. The summed E-state index contributed by atoms with van der Waals surface area (Å²) in [5.74, 6) is 0.472. The molecule has 2 N–H and O–H groups in total. The first-order valence-corrected chi connectivity index (χ1v) is 4.26. The number of carboxylic acid groups (broad SMARTS) is 1. The van der Waals surface area contributed by atoms with Crippen molar-refractivity contribution in [1.82, 2.24) is 20.6 Å². The average Bonchev–Trinajstić information content (AvgIpc) is 2.70. The Bertz CT molecular complexity index is 313. The van der Waals surface area contributed by atoms with Crippen LogP contribution in [0.15, 0.2) is 10.7 Å². The van der Waals surface area contributed by atoms with Gasteiger partial charge in [0.05, 0.1) is 6.20 Å². The summed E-state index contributed by atoms with van der Waals surface area (Å²) in [7, 11) is 0. The van der Waals surface area contributed by atoms with E-state index in [4.69, 9.17) is 9.63 Å². The zero-order valence-corrected chi connectivity index (χ0v) is 7.38. The molecule has 0 spiro atoms. The predicted octanol–water partition coefficient (Wildman–Crippen LogP) is -0.306. The SMILES string of the molecule is O=C(O)N1CCNCC1c1cnno1. The molecule has 1 aliphatic rings. The first-order valence-electron chi connectivity index (χ1n) is 4.26. The van der Waals surface area contributed by atoms with E-state index in [0.717, 1.165) is 0 Å². The van der Waals surface area contributed by atoms with Crippen LogP contribution in [0.2, 0.25) is 0 Å². The van der Waals surface area contributed by atoms with E-state index >= 15 is 0 Å². The van der Waals surface area contributed by atoms with Crippen LogP contribution in [0.1, 0.15) is 11.8 Å². The van der Waals surface area contributed by atoms with E-state index in [9.17, 15) is 4.79 Å². The average molecular weight is 198 g/mol. The molecular formula is C7H10N4O3. The third kappa shape index (κ3) is 1.53. The Labute approximate surface area is 79.7 Å². The van der Waals surface area contributed by atoms with E-state index in [1.165, 1.54) is 11.1 Å². The van der Waals surface area contributed by atoms with Gasteiger partial charge in [0.2, 0.25) is 0 Å². The smallest absolute Gasteiger partial charge is 0.408 e. The Kier molecular flexibility index (Phi) is 2.32. The third-order valence-corrected chi connectivity index (χ3v) is 2.20. The van der Waals surface area contributed by atoms with Gasteiger partial charge in [0.25, 0.3) is 0 Å². The van der Waals surface area contributed by atoms with Crippen molar-refractivity contribution in [3.63, 3.8) is 0 Å². The molecule has 1 unspecified atom stereocenters. The fraction of sp³-hybridized carbons (Fsp3) is 0.571. The lowest BCUT2D eigenvalue weighted by atomic mass is 10.1. The summed E-state index contributed by atoms with van der Waals surface area (Å²) < 4.78 is 4.85. The molecule has 7 nitrogen and oxygen atoms in total. The van der Waals surface area contributed by atoms with Gasteiger partial charge in [0.15, 0.2) is 5.76 Å². The largest absolute Gasteiger partial charge is 0.465 e. The zero-order valence-electron chi connectivity index (χ0n) is 7.38. The van der Waals surface area contributed by atoms with Gasteiger partial charge in [-0.15, -0.1) is 5.10 Å². The fourth-order valence-electron chi connectivity index (χ4n) is 1.51. The van der Waals surface area contributed by atoms with Crippen LogP contribution >= 0.6 is 0 Å². The summed E-state index contributed by atoms with van der Waals surface area (Å²) in [5.41, 5.74) is 0. The summed E-state index contributed by atoms with van der Waals surface area (Å²) in [6.45, 7) is 1.63. The molecule has 1 atom stereocenters. The number of amides is 1. The first-order chi connectivity index (χ1) is 6.79. The van der Waals surface area contributed by atoms with Crippen molar-refractivity contribution in [2.45, 2.75) is 6.04 Å². The second kappa shape index (κ2) is 3.62. The highest BCUT2D eigenvalue weighted by Crippen LogP contribution is 2.20. The molecule has 0 radical (unpaired) electrons. The van der Waals surface area contributed by atoms with E-state index in [0.29, 0.717) is 25.4 Å². The molecular weight excluding hydrogens is 188 g/mol. The number of hydrogen-bond donors (Lipinski definition) is 2. The van der Waals surface area contributed by atoms with Crippen molar-refractivity contribution >= 4 is 6.09 Å². The van der Waals surface area contributed by atoms with Gasteiger partial charge in [-0.2, -0.15) is 0 Å². The third-order valence-electron chi connectivity index (χ3n) is 2.20. The molecule has 1 aromatic rings. The molecule has 0 bridgehead atoms. The van der Waals surface area contributed by atoms with Crippen LogP contribution < -0.4 is 5.32 Å². The molecule has 7 heteroatoms. The molecule has 0 saturated carbocycles. The first kappa shape index (κ1) is 8.95. The number of nitrogens with zero attached hydrogens (tertiary/aromatic N) is 3. The maximum Gasteiger partial charge on any atom is 0.408 e. The number of hydrogen-bond acceptors (Lipinski definition) is 5. The van der Waals surface area contributed by atoms with Gasteiger partial charge in [-0.3, -0.25) is 4.90 Å². The molecule has 0 aliphatic carbocycles. The van der Waals surface area contributed by atoms with E-state index in [-0.39, 0.29) is 6.04 Å². The van der Waals surface area contributed by atoms with Gasteiger partial charge < -0.3 is 14.9 Å². The minimum Gasteiger partial charge on any atom is -0.465 e. The second-order valence-electron chi connectivity index (χ2n) is 3.02. The molecule has 76 valence electrons. The van der Waals surface area contributed by atoms with Crippen LogP contribution in [0.4, 0.5) is 4.79 Å². The number of carbonyl (C=O) groups is 1. The summed E-state index contributed by atoms with van der Waals surface area (Å²) in [6.07, 6.45) is 0.487. The lowest BCUT2D eigenvalue weighted by Crippen LogP contribution is -2.48. The van der Waals surface area contributed by atoms with Crippen molar-refractivity contribution in [2.75, 3.05) is 19.6 Å². The normalized spacial score (nSPS) is 22.3. The monoisotopic (exact) mass is 198 g/mol. The van der Waals surface area contributed by atoms with E-state index in [2.05, 4.69) is 15.7 Å². The molecule has 1 fully saturated rings. The van der Waals surface area contributed by atoms with E-state index in [1.54, 1.807) is 0 Å². The highest BCUT2D eigenvalue weighted by atomic mass is 16.5. The Hall–Kier alpha value is -1.63. The number of nitrogens with one attached hydrogen (secondary N) is 1. The van der Waals surface area contributed by atoms with Crippen LogP contribution in [-0.2, 0) is 0 Å². The van der Waals surface area contributed by atoms with Crippen LogP contribution in [0.3, 0.4) is 0 Å². The Morgan fingerprint density at radius 2 is 2.64 bits per heavy atom. The molecule has 14 heavy (non-hydrogen) atoms. The summed E-state index contributed by atoms with van der Waals surface area (Å²) in [6, 6.07) is -0.323. The summed E-state index contributed by atoms with van der Waals surface area (Å²) >= 11 is 0. The fourth-order valence-corrected chi connectivity index (χ4v) is 1.51. The lowest BCUT2D eigenvalue weighted by molar-refractivity contribution is 0.101. The van der Waals surface area contributed by atoms with Crippen molar-refractivity contribution in [1.29, 1.82) is 0 Å². The topological polar surface area (TPSA) is 91.5 Å². The van der Waals surface area contributed by atoms with Gasteiger partial charge in [-0.25, -0.2) is 4.79 Å². The summed E-state index contributed by atoms with van der Waals surface area (Å²) in [5, 5.41) is 18.9. The zero-order chi connectivity index (χ0) is 9.97. The molecule has 2 rings (SSSR count). The van der Waals surface area contributed by atoms with Gasteiger partial charge in [0.1, 0.15) is 6.04 Å². The molecule has 1 aromatic heterocycles. The van der Waals surface area contributed by atoms with Gasteiger partial charge in [0, 0.05) is 24.9 Å². The number of aromatic nitrogens is 2. The quantitative estimate of drug-likeness (QED) is 0.643. The Balaban J connectivity index is 2.18. The van der Waals surface area contributed by atoms with Crippen molar-refractivity contribution in [3.05, 3.63) is 12.0 Å².